The summed E-state index contributed by atoms with van der Waals surface area (Å²) in [6.07, 6.45) is 1.66. The van der Waals surface area contributed by atoms with Gasteiger partial charge in [-0.25, -0.2) is 0 Å². The maximum absolute atomic E-state index is 5.64. The topological polar surface area (TPSA) is 58.8 Å². The van der Waals surface area contributed by atoms with Crippen LogP contribution in [-0.4, -0.2) is 19.6 Å². The molecule has 1 unspecified atom stereocenters. The third kappa shape index (κ3) is 2.61. The van der Waals surface area contributed by atoms with Crippen molar-refractivity contribution >= 4 is 5.96 Å². The molecule has 3 rings (SSSR count). The lowest BCUT2D eigenvalue weighted by Crippen LogP contribution is -2.39. The third-order valence-electron chi connectivity index (χ3n) is 3.24. The van der Waals surface area contributed by atoms with Gasteiger partial charge in [0.2, 0.25) is 0 Å². The van der Waals surface area contributed by atoms with E-state index in [9.17, 15) is 0 Å². The van der Waals surface area contributed by atoms with Gasteiger partial charge in [-0.15, -0.1) is 0 Å². The highest BCUT2D eigenvalue weighted by Crippen LogP contribution is 2.31. The summed E-state index contributed by atoms with van der Waals surface area (Å²) in [5.74, 6) is 2.54. The number of para-hydroxylation sites is 1. The van der Waals surface area contributed by atoms with Crippen molar-refractivity contribution in [1.29, 1.82) is 0 Å². The van der Waals surface area contributed by atoms with Crippen LogP contribution in [0.15, 0.2) is 52.1 Å². The highest BCUT2D eigenvalue weighted by atomic mass is 16.5. The molecule has 0 spiro atoms. The van der Waals surface area contributed by atoms with Crippen molar-refractivity contribution in [2.45, 2.75) is 12.6 Å². The van der Waals surface area contributed by atoms with Crippen LogP contribution >= 0.6 is 0 Å². The second kappa shape index (κ2) is 5.69. The van der Waals surface area contributed by atoms with Crippen LogP contribution in [0.2, 0.25) is 0 Å². The number of fused-ring (bicyclic) bond motifs is 1. The number of nitrogens with one attached hydrogen (secondary N) is 2. The summed E-state index contributed by atoms with van der Waals surface area (Å²) in [6, 6.07) is 12.0. The Morgan fingerprint density at radius 2 is 2.20 bits per heavy atom. The Morgan fingerprint density at radius 1 is 1.30 bits per heavy atom. The van der Waals surface area contributed by atoms with Crippen molar-refractivity contribution in [3.05, 3.63) is 54.0 Å². The van der Waals surface area contributed by atoms with E-state index in [1.165, 1.54) is 0 Å². The van der Waals surface area contributed by atoms with E-state index in [1.54, 1.807) is 13.3 Å². The predicted octanol–water partition coefficient (Wildman–Crippen LogP) is 2.08. The average molecular weight is 271 g/mol. The van der Waals surface area contributed by atoms with E-state index in [1.807, 2.05) is 30.3 Å². The number of aliphatic imine (C=N–C) groups is 1. The number of guanidine groups is 1. The maximum atomic E-state index is 5.64. The quantitative estimate of drug-likeness (QED) is 0.663. The van der Waals surface area contributed by atoms with Gasteiger partial charge < -0.3 is 19.8 Å². The Hall–Kier alpha value is -2.43. The Morgan fingerprint density at radius 3 is 3.00 bits per heavy atom. The van der Waals surface area contributed by atoms with Crippen LogP contribution in [0.4, 0.5) is 0 Å². The Balaban J connectivity index is 1.62. The fourth-order valence-electron chi connectivity index (χ4n) is 2.23. The van der Waals surface area contributed by atoms with Gasteiger partial charge in [0.05, 0.1) is 18.8 Å². The molecule has 1 aliphatic rings. The number of nitrogens with zero attached hydrogens (tertiary/aromatic N) is 1. The van der Waals surface area contributed by atoms with Gasteiger partial charge in [-0.3, -0.25) is 4.99 Å². The summed E-state index contributed by atoms with van der Waals surface area (Å²) in [5, 5.41) is 6.58. The first kappa shape index (κ1) is 12.6. The number of benzene rings is 1. The normalized spacial score (nSPS) is 17.4. The molecule has 5 nitrogen and oxygen atoms in total. The van der Waals surface area contributed by atoms with Crippen molar-refractivity contribution in [2.75, 3.05) is 13.7 Å². The van der Waals surface area contributed by atoms with Gasteiger partial charge in [-0.1, -0.05) is 18.2 Å². The van der Waals surface area contributed by atoms with Gasteiger partial charge >= 0.3 is 0 Å². The molecule has 0 saturated carbocycles. The van der Waals surface area contributed by atoms with Crippen molar-refractivity contribution < 1.29 is 9.15 Å². The smallest absolute Gasteiger partial charge is 0.191 e. The fraction of sp³-hybridized carbons (Fsp3) is 0.267. The molecule has 2 N–H and O–H groups in total. The minimum absolute atomic E-state index is 0.119. The average Bonchev–Trinajstić information content (AvgIpc) is 3.13. The second-order valence-corrected chi connectivity index (χ2v) is 4.55. The zero-order chi connectivity index (χ0) is 13.8. The van der Waals surface area contributed by atoms with Gasteiger partial charge in [0.25, 0.3) is 0 Å². The van der Waals surface area contributed by atoms with Crippen molar-refractivity contribution in [2.24, 2.45) is 4.99 Å². The van der Waals surface area contributed by atoms with Crippen LogP contribution < -0.4 is 15.4 Å². The lowest BCUT2D eigenvalue weighted by Gasteiger charge is -2.16. The van der Waals surface area contributed by atoms with E-state index in [0.29, 0.717) is 13.2 Å². The molecule has 2 heterocycles. The van der Waals surface area contributed by atoms with Crippen LogP contribution in [0.1, 0.15) is 17.4 Å². The van der Waals surface area contributed by atoms with E-state index >= 15 is 0 Å². The summed E-state index contributed by atoms with van der Waals surface area (Å²) in [5.41, 5.74) is 1.16. The van der Waals surface area contributed by atoms with Gasteiger partial charge in [0, 0.05) is 12.6 Å². The first-order chi connectivity index (χ1) is 9.86. The van der Waals surface area contributed by atoms with Gasteiger partial charge in [0.1, 0.15) is 18.1 Å². The lowest BCUT2D eigenvalue weighted by atomic mass is 10.1. The first-order valence-electron chi connectivity index (χ1n) is 6.58. The molecule has 0 amide bonds. The summed E-state index contributed by atoms with van der Waals surface area (Å²) < 4.78 is 10.9. The maximum Gasteiger partial charge on any atom is 0.191 e. The van der Waals surface area contributed by atoms with E-state index in [-0.39, 0.29) is 6.04 Å². The fourth-order valence-corrected chi connectivity index (χ4v) is 2.23. The molecule has 0 saturated heterocycles. The van der Waals surface area contributed by atoms with Crippen LogP contribution in [0, 0.1) is 0 Å². The zero-order valence-corrected chi connectivity index (χ0v) is 11.3. The van der Waals surface area contributed by atoms with Crippen molar-refractivity contribution in [1.82, 2.24) is 10.6 Å². The van der Waals surface area contributed by atoms with Crippen LogP contribution in [0.5, 0.6) is 5.75 Å². The monoisotopic (exact) mass is 271 g/mol. The molecule has 5 heteroatoms. The molecule has 0 fully saturated rings. The van der Waals surface area contributed by atoms with Crippen LogP contribution in [-0.2, 0) is 6.54 Å². The summed E-state index contributed by atoms with van der Waals surface area (Å²) in [6.45, 7) is 1.21. The number of ether oxygens (including phenoxy) is 1. The first-order valence-corrected chi connectivity index (χ1v) is 6.58. The zero-order valence-electron chi connectivity index (χ0n) is 11.3. The molecule has 0 radical (unpaired) electrons. The van der Waals surface area contributed by atoms with Crippen LogP contribution in [0.25, 0.3) is 0 Å². The van der Waals surface area contributed by atoms with E-state index in [4.69, 9.17) is 9.15 Å². The highest BCUT2D eigenvalue weighted by molar-refractivity contribution is 5.80. The SMILES string of the molecule is CN=C(NCc1ccco1)NC1COc2ccccc21. The summed E-state index contributed by atoms with van der Waals surface area (Å²) in [7, 11) is 1.75. The Bertz CT molecular complexity index is 593. The Kier molecular flexibility index (Phi) is 3.58. The molecule has 2 aromatic rings. The van der Waals surface area contributed by atoms with Crippen LogP contribution in [0.3, 0.4) is 0 Å². The summed E-state index contributed by atoms with van der Waals surface area (Å²) in [4.78, 5) is 4.22. The molecule has 1 aromatic heterocycles. The number of hydrogen-bond donors (Lipinski definition) is 2. The molecule has 1 aromatic carbocycles. The molecular formula is C15H17N3O2. The Labute approximate surface area is 117 Å². The third-order valence-corrected chi connectivity index (χ3v) is 3.24. The molecule has 0 aliphatic carbocycles. The molecule has 1 atom stereocenters. The lowest BCUT2D eigenvalue weighted by molar-refractivity contribution is 0.323. The van der Waals surface area contributed by atoms with Crippen molar-refractivity contribution in [3.63, 3.8) is 0 Å². The molecule has 20 heavy (non-hydrogen) atoms. The van der Waals surface area contributed by atoms with E-state index in [0.717, 1.165) is 23.0 Å². The van der Waals surface area contributed by atoms with E-state index < -0.39 is 0 Å². The molecule has 1 aliphatic heterocycles. The molecule has 104 valence electrons. The summed E-state index contributed by atoms with van der Waals surface area (Å²) >= 11 is 0. The minimum Gasteiger partial charge on any atom is -0.491 e. The van der Waals surface area contributed by atoms with Gasteiger partial charge in [-0.05, 0) is 18.2 Å². The highest BCUT2D eigenvalue weighted by Gasteiger charge is 2.24. The van der Waals surface area contributed by atoms with Crippen molar-refractivity contribution in [3.8, 4) is 5.75 Å². The molecule has 0 bridgehead atoms. The minimum atomic E-state index is 0.119. The molecular weight excluding hydrogens is 254 g/mol. The number of hydrogen-bond acceptors (Lipinski definition) is 3. The predicted molar refractivity (Wildman–Crippen MR) is 76.7 cm³/mol. The standard InChI is InChI=1S/C15H17N3O2/c1-16-15(17-9-11-5-4-8-19-11)18-13-10-20-14-7-3-2-6-12(13)14/h2-8,13H,9-10H2,1H3,(H2,16,17,18). The number of furan rings is 1. The largest absolute Gasteiger partial charge is 0.491 e. The second-order valence-electron chi connectivity index (χ2n) is 4.55. The van der Waals surface area contributed by atoms with Gasteiger partial charge in [0.15, 0.2) is 5.96 Å². The van der Waals surface area contributed by atoms with Gasteiger partial charge in [-0.2, -0.15) is 0 Å². The number of rotatable bonds is 3. The van der Waals surface area contributed by atoms with E-state index in [2.05, 4.69) is 21.7 Å².